The number of methoxy groups -OCH3 is 2. The molecule has 0 spiro atoms. The summed E-state index contributed by atoms with van der Waals surface area (Å²) in [6, 6.07) is 25.1. The van der Waals surface area contributed by atoms with E-state index in [1.807, 2.05) is 24.3 Å². The second kappa shape index (κ2) is 9.83. The molecule has 0 saturated carbocycles. The molecule has 0 saturated heterocycles. The smallest absolute Gasteiger partial charge is 0.188 e. The van der Waals surface area contributed by atoms with Crippen LogP contribution in [0, 0.1) is 0 Å². The van der Waals surface area contributed by atoms with Gasteiger partial charge in [-0.2, -0.15) is 0 Å². The van der Waals surface area contributed by atoms with Gasteiger partial charge in [-0.3, -0.25) is 0 Å². The van der Waals surface area contributed by atoms with Gasteiger partial charge in [-0.1, -0.05) is 80.3 Å². The highest BCUT2D eigenvalue weighted by Gasteiger charge is 2.32. The number of hydrogen-bond acceptors (Lipinski definition) is 5. The number of benzene rings is 4. The number of rotatable bonds is 9. The maximum atomic E-state index is 6.20. The molecule has 0 amide bonds. The van der Waals surface area contributed by atoms with Gasteiger partial charge in [0.15, 0.2) is 33.3 Å². The van der Waals surface area contributed by atoms with Gasteiger partial charge in [-0.25, -0.2) is 0 Å². The summed E-state index contributed by atoms with van der Waals surface area (Å²) in [6.07, 6.45) is 0. The van der Waals surface area contributed by atoms with Gasteiger partial charge in [0.05, 0.1) is 11.4 Å². The predicted octanol–water partition coefficient (Wildman–Crippen LogP) is 6.93. The van der Waals surface area contributed by atoms with E-state index in [2.05, 4.69) is 72.7 Å². The van der Waals surface area contributed by atoms with Gasteiger partial charge in [0.2, 0.25) is 0 Å². The van der Waals surface area contributed by atoms with Crippen LogP contribution in [0.4, 0.5) is 11.4 Å². The predicted molar refractivity (Wildman–Crippen MR) is 138 cm³/mol. The first-order valence-corrected chi connectivity index (χ1v) is 14.5. The van der Waals surface area contributed by atoms with Crippen LogP contribution in [0.25, 0.3) is 21.5 Å². The van der Waals surface area contributed by atoms with Crippen molar-refractivity contribution in [2.24, 2.45) is 0 Å². The molecule has 4 aromatic carbocycles. The zero-order valence-electron chi connectivity index (χ0n) is 19.9. The second-order valence-corrected chi connectivity index (χ2v) is 13.7. The summed E-state index contributed by atoms with van der Waals surface area (Å²) < 4.78 is 25.4. The molecule has 6 heteroatoms. The van der Waals surface area contributed by atoms with Crippen LogP contribution in [0.15, 0.2) is 72.8 Å². The molecule has 0 aliphatic heterocycles. The summed E-state index contributed by atoms with van der Waals surface area (Å²) >= 11 is 0. The Hall–Kier alpha value is -3.06. The average Bonchev–Trinajstić information content (AvgIpc) is 2.81. The van der Waals surface area contributed by atoms with E-state index in [1.165, 1.54) is 0 Å². The van der Waals surface area contributed by atoms with Gasteiger partial charge in [-0.05, 0) is 22.9 Å². The maximum Gasteiger partial charge on any atom is 0.188 e. The SMILES string of the molecule is COCOc1c(N(c2ccc3ccccc3c2OCOC)[Si](C)(C)C)ccc2ccccc12. The summed E-state index contributed by atoms with van der Waals surface area (Å²) in [6.45, 7) is 7.29. The first-order valence-electron chi connectivity index (χ1n) is 11.0. The standard InChI is InChI=1S/C27H31NO4Si/c1-29-18-31-26-22-12-8-6-10-20(22)14-16-24(26)28(33(3,4)5)25-17-15-21-11-7-9-13-23(21)27(25)32-19-30-2/h6-17H,18-19H2,1-5H3. The number of anilines is 2. The van der Waals surface area contributed by atoms with Crippen molar-refractivity contribution in [3.8, 4) is 11.5 Å². The van der Waals surface area contributed by atoms with Gasteiger partial charge in [0, 0.05) is 25.0 Å². The molecule has 0 atom stereocenters. The van der Waals surface area contributed by atoms with Crippen molar-refractivity contribution >= 4 is 41.2 Å². The molecule has 0 fully saturated rings. The zero-order chi connectivity index (χ0) is 23.4. The number of nitrogens with zero attached hydrogens (tertiary/aromatic N) is 1. The van der Waals surface area contributed by atoms with Crippen LogP contribution in [0.3, 0.4) is 0 Å². The van der Waals surface area contributed by atoms with Gasteiger partial charge in [-0.15, -0.1) is 0 Å². The first kappa shape index (κ1) is 23.1. The Morgan fingerprint density at radius 3 is 1.42 bits per heavy atom. The average molecular weight is 462 g/mol. The molecular weight excluding hydrogens is 430 g/mol. The summed E-state index contributed by atoms with van der Waals surface area (Å²) in [5.74, 6) is 1.62. The quantitative estimate of drug-likeness (QED) is 0.200. The van der Waals surface area contributed by atoms with Crippen LogP contribution in [0.1, 0.15) is 0 Å². The Bertz CT molecular complexity index is 1160. The van der Waals surface area contributed by atoms with E-state index in [0.29, 0.717) is 0 Å². The Balaban J connectivity index is 2.00. The third kappa shape index (κ3) is 4.69. The number of fused-ring (bicyclic) bond motifs is 2. The second-order valence-electron chi connectivity index (χ2n) is 8.88. The largest absolute Gasteiger partial charge is 0.465 e. The third-order valence-corrected chi connectivity index (χ3v) is 7.34. The Morgan fingerprint density at radius 2 is 1.03 bits per heavy atom. The molecule has 4 aromatic rings. The van der Waals surface area contributed by atoms with Crippen LogP contribution in [-0.2, 0) is 9.47 Å². The normalized spacial score (nSPS) is 11.7. The molecule has 0 aliphatic carbocycles. The minimum absolute atomic E-state index is 0.172. The molecule has 0 aromatic heterocycles. The van der Waals surface area contributed by atoms with Crippen LogP contribution in [0.5, 0.6) is 11.5 Å². The van der Waals surface area contributed by atoms with E-state index in [-0.39, 0.29) is 13.6 Å². The van der Waals surface area contributed by atoms with Gasteiger partial charge >= 0.3 is 0 Å². The summed E-state index contributed by atoms with van der Waals surface area (Å²) in [7, 11) is 1.29. The monoisotopic (exact) mass is 461 g/mol. The molecule has 0 unspecified atom stereocenters. The molecule has 0 aliphatic rings. The number of hydrogen-bond donors (Lipinski definition) is 0. The molecule has 0 radical (unpaired) electrons. The number of ether oxygens (including phenoxy) is 4. The fourth-order valence-corrected chi connectivity index (χ4v) is 6.00. The highest BCUT2D eigenvalue weighted by molar-refractivity contribution is 6.81. The van der Waals surface area contributed by atoms with Crippen LogP contribution in [0.2, 0.25) is 19.6 Å². The minimum atomic E-state index is -1.99. The topological polar surface area (TPSA) is 40.2 Å². The first-order chi connectivity index (χ1) is 16.0. The lowest BCUT2D eigenvalue weighted by atomic mass is 10.1. The van der Waals surface area contributed by atoms with E-state index in [1.54, 1.807) is 14.2 Å². The van der Waals surface area contributed by atoms with Gasteiger partial charge in [0.25, 0.3) is 0 Å². The highest BCUT2D eigenvalue weighted by Crippen LogP contribution is 2.47. The van der Waals surface area contributed by atoms with Crippen LogP contribution < -0.4 is 14.0 Å². The lowest BCUT2D eigenvalue weighted by Gasteiger charge is -2.38. The highest BCUT2D eigenvalue weighted by atomic mass is 28.3. The summed E-state index contributed by atoms with van der Waals surface area (Å²) in [5, 5.41) is 4.35. The minimum Gasteiger partial charge on any atom is -0.465 e. The molecule has 33 heavy (non-hydrogen) atoms. The van der Waals surface area contributed by atoms with Crippen LogP contribution in [-0.4, -0.2) is 36.0 Å². The molecule has 5 nitrogen and oxygen atoms in total. The molecule has 4 rings (SSSR count). The Labute approximate surface area is 196 Å². The molecule has 0 bridgehead atoms. The lowest BCUT2D eigenvalue weighted by Crippen LogP contribution is -2.43. The van der Waals surface area contributed by atoms with Crippen LogP contribution >= 0.6 is 0 Å². The molecule has 0 heterocycles. The molecule has 0 N–H and O–H groups in total. The van der Waals surface area contributed by atoms with E-state index in [4.69, 9.17) is 18.9 Å². The zero-order valence-corrected chi connectivity index (χ0v) is 20.9. The van der Waals surface area contributed by atoms with E-state index in [9.17, 15) is 0 Å². The van der Waals surface area contributed by atoms with Crippen molar-refractivity contribution in [1.82, 2.24) is 0 Å². The molecule has 172 valence electrons. The van der Waals surface area contributed by atoms with E-state index in [0.717, 1.165) is 44.4 Å². The van der Waals surface area contributed by atoms with Crippen molar-refractivity contribution in [2.45, 2.75) is 19.6 Å². The van der Waals surface area contributed by atoms with E-state index < -0.39 is 8.24 Å². The van der Waals surface area contributed by atoms with Crippen molar-refractivity contribution < 1.29 is 18.9 Å². The van der Waals surface area contributed by atoms with E-state index >= 15 is 0 Å². The van der Waals surface area contributed by atoms with Gasteiger partial charge < -0.3 is 23.5 Å². The Morgan fingerprint density at radius 1 is 0.606 bits per heavy atom. The molecular formula is C27H31NO4Si. The van der Waals surface area contributed by atoms with Crippen molar-refractivity contribution in [1.29, 1.82) is 0 Å². The summed E-state index contributed by atoms with van der Waals surface area (Å²) in [4.78, 5) is 0. The van der Waals surface area contributed by atoms with Gasteiger partial charge in [0.1, 0.15) is 0 Å². The fourth-order valence-electron chi connectivity index (χ4n) is 4.21. The summed E-state index contributed by atoms with van der Waals surface area (Å²) in [5.41, 5.74) is 2.00. The lowest BCUT2D eigenvalue weighted by molar-refractivity contribution is 0.0522. The van der Waals surface area contributed by atoms with Crippen molar-refractivity contribution in [3.05, 3.63) is 72.8 Å². The Kier molecular flexibility index (Phi) is 6.88. The maximum absolute atomic E-state index is 6.20. The fraction of sp³-hybridized carbons (Fsp3) is 0.259. The van der Waals surface area contributed by atoms with Crippen molar-refractivity contribution in [2.75, 3.05) is 32.4 Å². The third-order valence-electron chi connectivity index (χ3n) is 5.51. The van der Waals surface area contributed by atoms with Crippen molar-refractivity contribution in [3.63, 3.8) is 0 Å².